The van der Waals surface area contributed by atoms with Crippen molar-refractivity contribution in [3.05, 3.63) is 12.7 Å². The van der Waals surface area contributed by atoms with E-state index in [-0.39, 0.29) is 17.8 Å². The molecule has 1 aliphatic carbocycles. The van der Waals surface area contributed by atoms with Crippen molar-refractivity contribution in [2.75, 3.05) is 0 Å². The van der Waals surface area contributed by atoms with Gasteiger partial charge in [0.15, 0.2) is 5.60 Å². The second kappa shape index (κ2) is 4.79. The van der Waals surface area contributed by atoms with Gasteiger partial charge < -0.3 is 9.47 Å². The molecule has 4 heterocycles. The largest absolute Gasteiger partial charge is 0.432 e. The van der Waals surface area contributed by atoms with Crippen molar-refractivity contribution >= 4 is 5.97 Å². The average Bonchev–Trinajstić information content (AvgIpc) is 2.70. The van der Waals surface area contributed by atoms with E-state index < -0.39 is 17.7 Å². The third kappa shape index (κ3) is 1.79. The fourth-order valence-corrected chi connectivity index (χ4v) is 5.06. The topological polar surface area (TPSA) is 54.0 Å². The van der Waals surface area contributed by atoms with Crippen LogP contribution in [0.1, 0.15) is 46.0 Å². The Kier molecular flexibility index (Phi) is 3.19. The van der Waals surface area contributed by atoms with Gasteiger partial charge in [-0.2, -0.15) is 0 Å². The molecule has 0 aromatic carbocycles. The molecule has 5 fully saturated rings. The van der Waals surface area contributed by atoms with Gasteiger partial charge in [0.1, 0.15) is 0 Å². The van der Waals surface area contributed by atoms with Gasteiger partial charge >= 0.3 is 5.97 Å². The zero-order valence-electron chi connectivity index (χ0n) is 13.2. The molecule has 0 radical (unpaired) electrons. The van der Waals surface area contributed by atoms with Crippen LogP contribution in [-0.4, -0.2) is 23.6 Å². The molecule has 5 nitrogen and oxygen atoms in total. The highest BCUT2D eigenvalue weighted by molar-refractivity contribution is 5.74. The van der Waals surface area contributed by atoms with Crippen molar-refractivity contribution < 1.29 is 24.0 Å². The number of carbonyl (C=O) groups is 1. The number of ether oxygens (including phenoxy) is 2. The lowest BCUT2D eigenvalue weighted by Gasteiger charge is -2.58. The second-order valence-electron chi connectivity index (χ2n) is 7.48. The van der Waals surface area contributed by atoms with E-state index in [1.165, 1.54) is 0 Å². The molecule has 5 aliphatic rings. The molecule has 4 aliphatic heterocycles. The molecular formula is C17H24O5. The van der Waals surface area contributed by atoms with Gasteiger partial charge in [-0.05, 0) is 38.5 Å². The van der Waals surface area contributed by atoms with Crippen LogP contribution < -0.4 is 0 Å². The summed E-state index contributed by atoms with van der Waals surface area (Å²) in [6.45, 7) is 7.91. The standard InChI is InChI=1S/C17H24O5/c1-4-5-11-13-7-6-10(2)12-8-9-16(3)20-15(19-14(11)18)17(12,13)22-21-16/h4,10-13,15H,1,5-9H2,2-3H3/t10-,11-,12?,13+,15-,16-,17-/m1/s1. The quantitative estimate of drug-likeness (QED) is 0.446. The van der Waals surface area contributed by atoms with Gasteiger partial charge in [-0.25, -0.2) is 9.78 Å². The summed E-state index contributed by atoms with van der Waals surface area (Å²) in [6, 6.07) is 0. The number of hydrogen-bond donors (Lipinski definition) is 0. The molecule has 0 aromatic heterocycles. The molecule has 1 spiro atoms. The lowest BCUT2D eigenvalue weighted by molar-refractivity contribution is -0.559. The Morgan fingerprint density at radius 1 is 1.27 bits per heavy atom. The first-order valence-electron chi connectivity index (χ1n) is 8.36. The van der Waals surface area contributed by atoms with E-state index in [4.69, 9.17) is 19.2 Å². The Morgan fingerprint density at radius 3 is 2.86 bits per heavy atom. The maximum Gasteiger partial charge on any atom is 0.312 e. The Morgan fingerprint density at radius 2 is 2.09 bits per heavy atom. The van der Waals surface area contributed by atoms with Crippen LogP contribution in [0.25, 0.3) is 0 Å². The molecule has 0 amide bonds. The molecule has 5 heteroatoms. The van der Waals surface area contributed by atoms with E-state index in [9.17, 15) is 4.79 Å². The molecule has 0 N–H and O–H groups in total. The van der Waals surface area contributed by atoms with Crippen LogP contribution in [0.5, 0.6) is 0 Å². The Hall–Kier alpha value is -0.910. The van der Waals surface area contributed by atoms with Gasteiger partial charge in [0, 0.05) is 18.3 Å². The minimum absolute atomic E-state index is 0.0700. The molecule has 122 valence electrons. The summed E-state index contributed by atoms with van der Waals surface area (Å²) < 4.78 is 11.8. The lowest BCUT2D eigenvalue weighted by atomic mass is 9.57. The smallest absolute Gasteiger partial charge is 0.312 e. The number of fused-ring (bicyclic) bond motifs is 2. The molecule has 5 rings (SSSR count). The second-order valence-corrected chi connectivity index (χ2v) is 7.48. The molecule has 1 saturated carbocycles. The third-order valence-electron chi connectivity index (χ3n) is 6.21. The number of allylic oxidation sites excluding steroid dienone is 1. The first kappa shape index (κ1) is 14.7. The number of esters is 1. The maximum absolute atomic E-state index is 12.5. The first-order chi connectivity index (χ1) is 10.5. The average molecular weight is 308 g/mol. The molecule has 7 atom stereocenters. The predicted octanol–water partition coefficient (Wildman–Crippen LogP) is 2.95. The van der Waals surface area contributed by atoms with E-state index in [0.29, 0.717) is 18.3 Å². The van der Waals surface area contributed by atoms with Crippen LogP contribution in [-0.2, 0) is 24.0 Å². The fourth-order valence-electron chi connectivity index (χ4n) is 5.06. The summed E-state index contributed by atoms with van der Waals surface area (Å²) in [5, 5.41) is 0. The van der Waals surface area contributed by atoms with Crippen LogP contribution >= 0.6 is 0 Å². The van der Waals surface area contributed by atoms with E-state index in [1.54, 1.807) is 6.08 Å². The zero-order chi connectivity index (χ0) is 15.5. The van der Waals surface area contributed by atoms with E-state index in [1.807, 2.05) is 6.92 Å². The highest BCUT2D eigenvalue weighted by Gasteiger charge is 2.70. The number of carbonyl (C=O) groups excluding carboxylic acids is 1. The third-order valence-corrected chi connectivity index (χ3v) is 6.21. The van der Waals surface area contributed by atoms with Crippen LogP contribution in [0.4, 0.5) is 0 Å². The monoisotopic (exact) mass is 308 g/mol. The van der Waals surface area contributed by atoms with Crippen LogP contribution in [0.2, 0.25) is 0 Å². The van der Waals surface area contributed by atoms with Crippen molar-refractivity contribution in [2.45, 2.75) is 63.6 Å². The van der Waals surface area contributed by atoms with Gasteiger partial charge in [0.2, 0.25) is 12.1 Å². The highest BCUT2D eigenvalue weighted by Crippen LogP contribution is 2.60. The SMILES string of the molecule is C=CC[C@H]1C(=O)O[C@@H]2O[C@@]3(C)CCC4[C@H](C)CC[C@@H]1[C@]42OO3. The summed E-state index contributed by atoms with van der Waals surface area (Å²) in [4.78, 5) is 24.1. The van der Waals surface area contributed by atoms with Gasteiger partial charge in [-0.1, -0.05) is 13.0 Å². The van der Waals surface area contributed by atoms with E-state index in [0.717, 1.165) is 25.7 Å². The number of hydrogen-bond acceptors (Lipinski definition) is 5. The normalized spacial score (nSPS) is 53.4. The van der Waals surface area contributed by atoms with Gasteiger partial charge in [-0.15, -0.1) is 6.58 Å². The van der Waals surface area contributed by atoms with Gasteiger partial charge in [0.05, 0.1) is 5.92 Å². The van der Waals surface area contributed by atoms with Crippen molar-refractivity contribution in [2.24, 2.45) is 23.7 Å². The molecule has 22 heavy (non-hydrogen) atoms. The Labute approximate surface area is 130 Å². The van der Waals surface area contributed by atoms with Crippen molar-refractivity contribution in [1.82, 2.24) is 0 Å². The molecule has 0 aromatic rings. The number of rotatable bonds is 2. The summed E-state index contributed by atoms with van der Waals surface area (Å²) >= 11 is 0. The van der Waals surface area contributed by atoms with Crippen molar-refractivity contribution in [3.8, 4) is 0 Å². The summed E-state index contributed by atoms with van der Waals surface area (Å²) in [7, 11) is 0. The van der Waals surface area contributed by atoms with Crippen LogP contribution in [0, 0.1) is 23.7 Å². The molecule has 1 unspecified atom stereocenters. The minimum atomic E-state index is -0.816. The lowest BCUT2D eigenvalue weighted by Crippen LogP contribution is -2.69. The van der Waals surface area contributed by atoms with E-state index >= 15 is 0 Å². The predicted molar refractivity (Wildman–Crippen MR) is 77.2 cm³/mol. The Balaban J connectivity index is 1.81. The highest BCUT2D eigenvalue weighted by atomic mass is 17.3. The molecule has 4 saturated heterocycles. The molecular weight excluding hydrogens is 284 g/mol. The zero-order valence-corrected chi connectivity index (χ0v) is 13.2. The first-order valence-corrected chi connectivity index (χ1v) is 8.36. The van der Waals surface area contributed by atoms with Crippen molar-refractivity contribution in [1.29, 1.82) is 0 Å². The summed E-state index contributed by atoms with van der Waals surface area (Å²) in [6.07, 6.45) is 5.52. The van der Waals surface area contributed by atoms with Gasteiger partial charge in [-0.3, -0.25) is 4.79 Å². The van der Waals surface area contributed by atoms with Crippen LogP contribution in [0.15, 0.2) is 12.7 Å². The molecule has 2 bridgehead atoms. The fraction of sp³-hybridized carbons (Fsp3) is 0.824. The summed E-state index contributed by atoms with van der Waals surface area (Å²) in [5.74, 6) is -0.343. The van der Waals surface area contributed by atoms with Crippen LogP contribution in [0.3, 0.4) is 0 Å². The van der Waals surface area contributed by atoms with Crippen molar-refractivity contribution in [3.63, 3.8) is 0 Å². The van der Waals surface area contributed by atoms with E-state index in [2.05, 4.69) is 13.5 Å². The minimum Gasteiger partial charge on any atom is -0.432 e. The summed E-state index contributed by atoms with van der Waals surface area (Å²) in [5.41, 5.74) is -0.657. The van der Waals surface area contributed by atoms with Gasteiger partial charge in [0.25, 0.3) is 0 Å². The maximum atomic E-state index is 12.5. The Bertz CT molecular complexity index is 505.